The maximum absolute atomic E-state index is 12.4. The quantitative estimate of drug-likeness (QED) is 0.779. The molecule has 2 rings (SSSR count). The van der Waals surface area contributed by atoms with Crippen molar-refractivity contribution in [3.05, 3.63) is 29.3 Å². The lowest BCUT2D eigenvalue weighted by molar-refractivity contribution is -0.130. The SMILES string of the molecule is CC(Sc1ccc(Cl)cc1)C(=O)N1CCCCCC1. The van der Waals surface area contributed by atoms with Gasteiger partial charge in [0.15, 0.2) is 0 Å². The van der Waals surface area contributed by atoms with Crippen LogP contribution in [0.2, 0.25) is 5.02 Å². The van der Waals surface area contributed by atoms with Crippen LogP contribution in [-0.2, 0) is 4.79 Å². The number of amides is 1. The summed E-state index contributed by atoms with van der Waals surface area (Å²) in [5, 5.41) is 0.704. The summed E-state index contributed by atoms with van der Waals surface area (Å²) >= 11 is 7.48. The van der Waals surface area contributed by atoms with Gasteiger partial charge in [-0.25, -0.2) is 0 Å². The molecule has 1 amide bonds. The minimum absolute atomic E-state index is 0.0284. The Balaban J connectivity index is 1.92. The van der Waals surface area contributed by atoms with Gasteiger partial charge in [-0.15, -0.1) is 11.8 Å². The third-order valence-corrected chi connectivity index (χ3v) is 4.74. The number of likely N-dealkylation sites (tertiary alicyclic amines) is 1. The minimum Gasteiger partial charge on any atom is -0.342 e. The predicted molar refractivity (Wildman–Crippen MR) is 81.8 cm³/mol. The van der Waals surface area contributed by atoms with Gasteiger partial charge in [0.25, 0.3) is 0 Å². The number of rotatable bonds is 3. The van der Waals surface area contributed by atoms with Crippen molar-refractivity contribution in [2.45, 2.75) is 42.8 Å². The van der Waals surface area contributed by atoms with E-state index in [2.05, 4.69) is 0 Å². The average Bonchev–Trinajstić information content (AvgIpc) is 2.69. The van der Waals surface area contributed by atoms with Crippen molar-refractivity contribution in [1.29, 1.82) is 0 Å². The molecule has 4 heteroatoms. The van der Waals surface area contributed by atoms with Crippen LogP contribution in [0.4, 0.5) is 0 Å². The highest BCUT2D eigenvalue weighted by molar-refractivity contribution is 8.00. The van der Waals surface area contributed by atoms with Crippen LogP contribution in [0.1, 0.15) is 32.6 Å². The van der Waals surface area contributed by atoms with Gasteiger partial charge >= 0.3 is 0 Å². The van der Waals surface area contributed by atoms with Crippen molar-refractivity contribution in [3.63, 3.8) is 0 Å². The van der Waals surface area contributed by atoms with Gasteiger partial charge < -0.3 is 4.90 Å². The van der Waals surface area contributed by atoms with Crippen LogP contribution in [-0.4, -0.2) is 29.1 Å². The number of hydrogen-bond donors (Lipinski definition) is 0. The van der Waals surface area contributed by atoms with Gasteiger partial charge in [-0.1, -0.05) is 24.4 Å². The molecule has 1 aliphatic rings. The molecule has 0 bridgehead atoms. The number of halogens is 1. The summed E-state index contributed by atoms with van der Waals surface area (Å²) in [6.45, 7) is 3.83. The molecular formula is C15H20ClNOS. The molecule has 0 saturated carbocycles. The summed E-state index contributed by atoms with van der Waals surface area (Å²) in [6, 6.07) is 7.68. The van der Waals surface area contributed by atoms with Crippen molar-refractivity contribution in [2.75, 3.05) is 13.1 Å². The highest BCUT2D eigenvalue weighted by Crippen LogP contribution is 2.26. The Hall–Kier alpha value is -0.670. The second-order valence-electron chi connectivity index (χ2n) is 4.95. The number of benzene rings is 1. The molecular weight excluding hydrogens is 278 g/mol. The van der Waals surface area contributed by atoms with E-state index in [1.807, 2.05) is 36.1 Å². The van der Waals surface area contributed by atoms with Gasteiger partial charge in [0, 0.05) is 23.0 Å². The van der Waals surface area contributed by atoms with Gasteiger partial charge in [0.2, 0.25) is 5.91 Å². The lowest BCUT2D eigenvalue weighted by Gasteiger charge is -2.23. The standard InChI is InChI=1S/C15H20ClNOS/c1-12(19-14-8-6-13(16)7-9-14)15(18)17-10-4-2-3-5-11-17/h6-9,12H,2-5,10-11H2,1H3. The van der Waals surface area contributed by atoms with E-state index in [-0.39, 0.29) is 11.2 Å². The van der Waals surface area contributed by atoms with Crippen LogP contribution in [0.3, 0.4) is 0 Å². The lowest BCUT2D eigenvalue weighted by atomic mass is 10.2. The molecule has 1 heterocycles. The molecule has 1 unspecified atom stereocenters. The van der Waals surface area contributed by atoms with Crippen molar-refractivity contribution < 1.29 is 4.79 Å². The van der Waals surface area contributed by atoms with E-state index in [9.17, 15) is 4.79 Å². The Bertz CT molecular complexity index is 413. The number of nitrogens with zero attached hydrogens (tertiary/aromatic N) is 1. The first-order chi connectivity index (χ1) is 9.16. The van der Waals surface area contributed by atoms with Crippen LogP contribution < -0.4 is 0 Å². The summed E-state index contributed by atoms with van der Waals surface area (Å²) in [4.78, 5) is 15.5. The summed E-state index contributed by atoms with van der Waals surface area (Å²) in [6.07, 6.45) is 4.79. The van der Waals surface area contributed by atoms with E-state index in [1.165, 1.54) is 12.8 Å². The third-order valence-electron chi connectivity index (χ3n) is 3.39. The highest BCUT2D eigenvalue weighted by Gasteiger charge is 2.22. The molecule has 2 nitrogen and oxygen atoms in total. The minimum atomic E-state index is -0.0284. The second-order valence-corrected chi connectivity index (χ2v) is 6.80. The number of carbonyl (C=O) groups is 1. The molecule has 0 radical (unpaired) electrons. The Morgan fingerprint density at radius 2 is 1.74 bits per heavy atom. The topological polar surface area (TPSA) is 20.3 Å². The Labute approximate surface area is 124 Å². The Morgan fingerprint density at radius 3 is 2.32 bits per heavy atom. The molecule has 0 N–H and O–H groups in total. The van der Waals surface area contributed by atoms with Crippen LogP contribution in [0.15, 0.2) is 29.2 Å². The molecule has 0 spiro atoms. The Morgan fingerprint density at radius 1 is 1.16 bits per heavy atom. The van der Waals surface area contributed by atoms with Gasteiger partial charge in [-0.05, 0) is 44.0 Å². The molecule has 0 aromatic heterocycles. The molecule has 1 aromatic rings. The lowest BCUT2D eigenvalue weighted by Crippen LogP contribution is -2.37. The fraction of sp³-hybridized carbons (Fsp3) is 0.533. The summed E-state index contributed by atoms with van der Waals surface area (Å²) in [7, 11) is 0. The zero-order valence-electron chi connectivity index (χ0n) is 11.3. The van der Waals surface area contributed by atoms with Crippen LogP contribution in [0, 0.1) is 0 Å². The van der Waals surface area contributed by atoms with Crippen molar-refractivity contribution in [2.24, 2.45) is 0 Å². The van der Waals surface area contributed by atoms with Crippen LogP contribution in [0.5, 0.6) is 0 Å². The largest absolute Gasteiger partial charge is 0.342 e. The zero-order chi connectivity index (χ0) is 13.7. The van der Waals surface area contributed by atoms with E-state index in [0.717, 1.165) is 35.8 Å². The number of thioether (sulfide) groups is 1. The molecule has 1 saturated heterocycles. The molecule has 1 fully saturated rings. The zero-order valence-corrected chi connectivity index (χ0v) is 12.8. The smallest absolute Gasteiger partial charge is 0.235 e. The fourth-order valence-electron chi connectivity index (χ4n) is 2.32. The summed E-state index contributed by atoms with van der Waals surface area (Å²) < 4.78 is 0. The van der Waals surface area contributed by atoms with Crippen LogP contribution in [0.25, 0.3) is 0 Å². The van der Waals surface area contributed by atoms with Crippen molar-refractivity contribution >= 4 is 29.3 Å². The average molecular weight is 298 g/mol. The fourth-order valence-corrected chi connectivity index (χ4v) is 3.39. The normalized spacial score (nSPS) is 17.9. The van der Waals surface area contributed by atoms with Gasteiger partial charge in [0.1, 0.15) is 0 Å². The monoisotopic (exact) mass is 297 g/mol. The van der Waals surface area contributed by atoms with E-state index in [4.69, 9.17) is 11.6 Å². The predicted octanol–water partition coefficient (Wildman–Crippen LogP) is 4.22. The molecule has 19 heavy (non-hydrogen) atoms. The van der Waals surface area contributed by atoms with E-state index >= 15 is 0 Å². The third kappa shape index (κ3) is 4.43. The van der Waals surface area contributed by atoms with Crippen LogP contribution >= 0.6 is 23.4 Å². The summed E-state index contributed by atoms with van der Waals surface area (Å²) in [5.41, 5.74) is 0. The first-order valence-electron chi connectivity index (χ1n) is 6.88. The van der Waals surface area contributed by atoms with Gasteiger partial charge in [0.05, 0.1) is 5.25 Å². The first kappa shape index (κ1) is 14.7. The van der Waals surface area contributed by atoms with Gasteiger partial charge in [-0.2, -0.15) is 0 Å². The molecule has 104 valence electrons. The second kappa shape index (κ2) is 7.20. The van der Waals surface area contributed by atoms with Gasteiger partial charge in [-0.3, -0.25) is 4.79 Å². The molecule has 0 aliphatic carbocycles. The maximum atomic E-state index is 12.4. The number of hydrogen-bond acceptors (Lipinski definition) is 2. The molecule has 1 aliphatic heterocycles. The first-order valence-corrected chi connectivity index (χ1v) is 8.13. The van der Waals surface area contributed by atoms with E-state index in [1.54, 1.807) is 11.8 Å². The number of carbonyl (C=O) groups excluding carboxylic acids is 1. The van der Waals surface area contributed by atoms with Crippen molar-refractivity contribution in [3.8, 4) is 0 Å². The Kier molecular flexibility index (Phi) is 5.59. The molecule has 1 atom stereocenters. The summed E-state index contributed by atoms with van der Waals surface area (Å²) in [5.74, 6) is 0.266. The molecule has 1 aromatic carbocycles. The van der Waals surface area contributed by atoms with E-state index < -0.39 is 0 Å². The highest BCUT2D eigenvalue weighted by atomic mass is 35.5. The van der Waals surface area contributed by atoms with E-state index in [0.29, 0.717) is 0 Å². The maximum Gasteiger partial charge on any atom is 0.235 e. The van der Waals surface area contributed by atoms with Crippen molar-refractivity contribution in [1.82, 2.24) is 4.90 Å².